The van der Waals surface area contributed by atoms with Crippen molar-refractivity contribution in [3.05, 3.63) is 191 Å². The number of phenols is 2. The number of rotatable bonds is 19. The van der Waals surface area contributed by atoms with Crippen molar-refractivity contribution in [2.24, 2.45) is 0 Å². The van der Waals surface area contributed by atoms with Gasteiger partial charge in [-0.25, -0.2) is 0 Å². The molecule has 2 N–H and O–H groups in total. The Bertz CT molecular complexity index is 2210. The highest BCUT2D eigenvalue weighted by Crippen LogP contribution is 2.38. The van der Waals surface area contributed by atoms with Gasteiger partial charge in [0, 0.05) is 13.1 Å². The fourth-order valence-electron chi connectivity index (χ4n) is 7.24. The van der Waals surface area contributed by atoms with Crippen LogP contribution in [-0.2, 0) is 0 Å². The van der Waals surface area contributed by atoms with Crippen molar-refractivity contribution in [2.45, 2.75) is 26.2 Å². The molecule has 6 aromatic carbocycles. The highest BCUT2D eigenvalue weighted by molar-refractivity contribution is 5.99. The molecule has 6 aromatic rings. The van der Waals surface area contributed by atoms with Gasteiger partial charge in [-0.3, -0.25) is 0 Å². The first kappa shape index (κ1) is 41.6. The van der Waals surface area contributed by atoms with Crippen molar-refractivity contribution in [3.8, 4) is 23.0 Å². The maximum Gasteiger partial charge on any atom is 0.119 e. The molecule has 298 valence electrons. The molecule has 0 saturated carbocycles. The summed E-state index contributed by atoms with van der Waals surface area (Å²) < 4.78 is 12.3. The summed E-state index contributed by atoms with van der Waals surface area (Å²) >= 11 is 0. The van der Waals surface area contributed by atoms with E-state index in [2.05, 4.69) is 115 Å². The van der Waals surface area contributed by atoms with E-state index in [9.17, 15) is 10.2 Å². The van der Waals surface area contributed by atoms with E-state index < -0.39 is 0 Å². The lowest BCUT2D eigenvalue weighted by atomic mass is 9.87. The van der Waals surface area contributed by atoms with Gasteiger partial charge < -0.3 is 29.5 Å². The molecule has 0 radical (unpaired) electrons. The Labute approximate surface area is 345 Å². The molecule has 0 unspecified atom stereocenters. The van der Waals surface area contributed by atoms with Crippen LogP contribution in [0.5, 0.6) is 23.0 Å². The Morgan fingerprint density at radius 3 is 1.28 bits per heavy atom. The summed E-state index contributed by atoms with van der Waals surface area (Å²) in [4.78, 5) is 4.44. The lowest BCUT2D eigenvalue weighted by molar-refractivity contribution is 0.236. The molecule has 6 rings (SSSR count). The predicted molar refractivity (Wildman–Crippen MR) is 240 cm³/mol. The number of allylic oxidation sites excluding steroid dienone is 2. The number of phenolic OH excluding ortho intramolecular Hbond substituents is 2. The molecule has 0 atom stereocenters. The first-order valence-electron chi connectivity index (χ1n) is 20.2. The summed E-state index contributed by atoms with van der Waals surface area (Å²) in [5, 5.41) is 20.2. The number of hydrogen-bond donors (Lipinski definition) is 2. The van der Waals surface area contributed by atoms with Gasteiger partial charge in [-0.15, -0.1) is 0 Å². The van der Waals surface area contributed by atoms with Crippen molar-refractivity contribution in [2.75, 3.05) is 54.0 Å². The highest BCUT2D eigenvalue weighted by atomic mass is 16.5. The van der Waals surface area contributed by atoms with E-state index in [-0.39, 0.29) is 11.5 Å². The van der Waals surface area contributed by atoms with Crippen LogP contribution in [0.2, 0.25) is 0 Å². The number of aromatic hydroxyl groups is 2. The molecule has 58 heavy (non-hydrogen) atoms. The number of ether oxygens (including phenoxy) is 2. The van der Waals surface area contributed by atoms with Crippen molar-refractivity contribution in [1.82, 2.24) is 9.80 Å². The van der Waals surface area contributed by atoms with Crippen LogP contribution in [0.25, 0.3) is 22.3 Å². The van der Waals surface area contributed by atoms with Crippen LogP contribution in [0.15, 0.2) is 158 Å². The second-order valence-corrected chi connectivity index (χ2v) is 14.8. The van der Waals surface area contributed by atoms with Gasteiger partial charge in [0.15, 0.2) is 0 Å². The van der Waals surface area contributed by atoms with Crippen LogP contribution in [0.4, 0.5) is 0 Å². The molecular formula is C52H56N2O4. The monoisotopic (exact) mass is 772 g/mol. The van der Waals surface area contributed by atoms with E-state index in [1.807, 2.05) is 56.6 Å². The van der Waals surface area contributed by atoms with Crippen LogP contribution in [0, 0.1) is 0 Å². The zero-order valence-electron chi connectivity index (χ0n) is 34.3. The van der Waals surface area contributed by atoms with Crippen molar-refractivity contribution in [3.63, 3.8) is 0 Å². The number of hydrogen-bond acceptors (Lipinski definition) is 6. The molecule has 0 aromatic heterocycles. The van der Waals surface area contributed by atoms with Gasteiger partial charge in [0.1, 0.15) is 36.2 Å². The minimum absolute atomic E-state index is 0.248. The molecule has 0 fully saturated rings. The Balaban J connectivity index is 1.14. The second-order valence-electron chi connectivity index (χ2n) is 14.8. The zero-order valence-corrected chi connectivity index (χ0v) is 34.3. The quantitative estimate of drug-likeness (QED) is 0.0800. The van der Waals surface area contributed by atoms with Gasteiger partial charge in [-0.1, -0.05) is 116 Å². The van der Waals surface area contributed by atoms with Crippen LogP contribution in [-0.4, -0.2) is 74.0 Å². The Morgan fingerprint density at radius 1 is 0.448 bits per heavy atom. The highest BCUT2D eigenvalue weighted by Gasteiger charge is 2.16. The van der Waals surface area contributed by atoms with Gasteiger partial charge in [-0.2, -0.15) is 0 Å². The second kappa shape index (κ2) is 20.9. The normalized spacial score (nSPS) is 12.3. The summed E-state index contributed by atoms with van der Waals surface area (Å²) in [5.41, 5.74) is 11.5. The van der Waals surface area contributed by atoms with Crippen molar-refractivity contribution < 1.29 is 19.7 Å². The van der Waals surface area contributed by atoms with Gasteiger partial charge in [0.2, 0.25) is 0 Å². The molecule has 0 heterocycles. The topological polar surface area (TPSA) is 65.4 Å². The Morgan fingerprint density at radius 2 is 0.845 bits per heavy atom. The van der Waals surface area contributed by atoms with E-state index in [1.165, 1.54) is 22.3 Å². The first-order chi connectivity index (χ1) is 28.3. The summed E-state index contributed by atoms with van der Waals surface area (Å²) in [6.45, 7) is 5.93. The summed E-state index contributed by atoms with van der Waals surface area (Å²) in [6.07, 6.45) is 2.69. The predicted octanol–water partition coefficient (Wildman–Crippen LogP) is 11.2. The minimum Gasteiger partial charge on any atom is -0.508 e. The van der Waals surface area contributed by atoms with Gasteiger partial charge >= 0.3 is 0 Å². The van der Waals surface area contributed by atoms with Crippen LogP contribution < -0.4 is 9.47 Å². The average molecular weight is 773 g/mol. The van der Waals surface area contributed by atoms with E-state index in [4.69, 9.17) is 9.47 Å². The molecule has 0 bridgehead atoms. The number of nitrogens with zero attached hydrogens (tertiary/aromatic N) is 2. The minimum atomic E-state index is 0.248. The fourth-order valence-corrected chi connectivity index (χ4v) is 7.24. The fraction of sp³-hybridized carbons (Fsp3) is 0.231. The SMILES string of the molecule is CC/C(=C(\c1ccc(O)cc1)c1ccc(OCCN(C)CCCC(=C(c2ccc(O)cc2)c2ccc(OCCN(C)C)cc2)c2ccccc2)cc1)c1ccccc1. The van der Waals surface area contributed by atoms with Gasteiger partial charge in [0.05, 0.1) is 0 Å². The number of likely N-dealkylation sites (N-methyl/N-ethyl adjacent to an activating group) is 2. The molecule has 0 saturated heterocycles. The summed E-state index contributed by atoms with van der Waals surface area (Å²) in [6, 6.07) is 52.9. The third kappa shape index (κ3) is 11.5. The molecule has 0 aliphatic carbocycles. The van der Waals surface area contributed by atoms with Crippen molar-refractivity contribution in [1.29, 1.82) is 0 Å². The van der Waals surface area contributed by atoms with Crippen LogP contribution >= 0.6 is 0 Å². The van der Waals surface area contributed by atoms with Gasteiger partial charge in [0.25, 0.3) is 0 Å². The van der Waals surface area contributed by atoms with E-state index in [0.29, 0.717) is 13.2 Å². The Kier molecular flexibility index (Phi) is 15.0. The molecule has 0 amide bonds. The first-order valence-corrected chi connectivity index (χ1v) is 20.2. The summed E-state index contributed by atoms with van der Waals surface area (Å²) in [5.74, 6) is 2.19. The Hall–Kier alpha value is -6.08. The molecule has 0 aliphatic rings. The van der Waals surface area contributed by atoms with Crippen molar-refractivity contribution >= 4 is 22.3 Å². The lowest BCUT2D eigenvalue weighted by Crippen LogP contribution is -2.25. The van der Waals surface area contributed by atoms with E-state index in [0.717, 1.165) is 83.8 Å². The molecule has 6 heteroatoms. The molecule has 0 spiro atoms. The standard InChI is InChI=1S/C52H56N2O4/c1-5-49(39-13-8-6-9-14-39)51(41-18-26-45(55)27-19-41)43-22-30-48(31-23-43)58-38-36-54(4)34-12-17-50(40-15-10-7-11-16-40)52(42-20-28-46(56)29-21-42)44-24-32-47(33-25-44)57-37-35-53(2)3/h6-11,13-16,18-33,55-56H,5,12,17,34-38H2,1-4H3/b51-49-,52-50?. The maximum atomic E-state index is 10.2. The zero-order chi connectivity index (χ0) is 40.7. The smallest absolute Gasteiger partial charge is 0.119 e. The van der Waals surface area contributed by atoms with Crippen LogP contribution in [0.1, 0.15) is 59.6 Å². The summed E-state index contributed by atoms with van der Waals surface area (Å²) in [7, 11) is 6.24. The molecule has 6 nitrogen and oxygen atoms in total. The van der Waals surface area contributed by atoms with Crippen LogP contribution in [0.3, 0.4) is 0 Å². The lowest BCUT2D eigenvalue weighted by Gasteiger charge is -2.21. The number of benzene rings is 6. The molecule has 0 aliphatic heterocycles. The average Bonchev–Trinajstić information content (AvgIpc) is 3.25. The molecular weight excluding hydrogens is 717 g/mol. The van der Waals surface area contributed by atoms with Gasteiger partial charge in [-0.05, 0) is 151 Å². The largest absolute Gasteiger partial charge is 0.508 e. The third-order valence-corrected chi connectivity index (χ3v) is 10.3. The van der Waals surface area contributed by atoms with E-state index >= 15 is 0 Å². The van der Waals surface area contributed by atoms with E-state index in [1.54, 1.807) is 24.3 Å². The maximum absolute atomic E-state index is 10.2. The third-order valence-electron chi connectivity index (χ3n) is 10.3.